The van der Waals surface area contributed by atoms with Crippen molar-refractivity contribution in [3.63, 3.8) is 0 Å². The summed E-state index contributed by atoms with van der Waals surface area (Å²) in [6.07, 6.45) is 7.12. The second-order valence-electron chi connectivity index (χ2n) is 3.56. The van der Waals surface area contributed by atoms with E-state index in [1.165, 1.54) is 0 Å². The molecule has 1 rings (SSSR count). The number of anilines is 1. The van der Waals surface area contributed by atoms with Gasteiger partial charge in [-0.15, -0.1) is 6.42 Å². The highest BCUT2D eigenvalue weighted by Gasteiger charge is 2.14. The van der Waals surface area contributed by atoms with Crippen molar-refractivity contribution < 1.29 is 0 Å². The minimum Gasteiger partial charge on any atom is -0.354 e. The van der Waals surface area contributed by atoms with Crippen LogP contribution in [-0.2, 0) is 0 Å². The molecule has 2 nitrogen and oxygen atoms in total. The van der Waals surface area contributed by atoms with E-state index in [1.54, 1.807) is 6.20 Å². The Morgan fingerprint density at radius 1 is 1.54 bits per heavy atom. The van der Waals surface area contributed by atoms with E-state index in [0.29, 0.717) is 0 Å². The smallest absolute Gasteiger partial charge is 0.129 e. The van der Waals surface area contributed by atoms with E-state index in [4.69, 9.17) is 6.42 Å². The lowest BCUT2D eigenvalue weighted by molar-refractivity contribution is 0.734. The average molecular weight is 174 g/mol. The molecule has 0 bridgehead atoms. The molecule has 0 radical (unpaired) electrons. The molecule has 1 N–H and O–H groups in total. The number of nitrogens with zero attached hydrogens (tertiary/aromatic N) is 1. The maximum atomic E-state index is 5.36. The Hall–Kier alpha value is -1.49. The van der Waals surface area contributed by atoms with Crippen LogP contribution in [0.2, 0.25) is 0 Å². The first-order valence-corrected chi connectivity index (χ1v) is 4.23. The lowest BCUT2D eigenvalue weighted by Gasteiger charge is -2.21. The molecule has 68 valence electrons. The van der Waals surface area contributed by atoms with Crippen LogP contribution in [0.15, 0.2) is 18.3 Å². The van der Waals surface area contributed by atoms with Gasteiger partial charge in [-0.2, -0.15) is 0 Å². The summed E-state index contributed by atoms with van der Waals surface area (Å²) in [6, 6.07) is 3.91. The molecule has 0 spiro atoms. The molecule has 0 unspecified atom stereocenters. The highest BCUT2D eigenvalue weighted by atomic mass is 15.0. The summed E-state index contributed by atoms with van der Waals surface area (Å²) in [6.45, 7) is 5.89. The first-order valence-electron chi connectivity index (χ1n) is 4.23. The van der Waals surface area contributed by atoms with Gasteiger partial charge in [0, 0.05) is 6.20 Å². The Bertz CT molecular complexity index is 334. The summed E-state index contributed by atoms with van der Waals surface area (Å²) in [7, 11) is 0. The largest absolute Gasteiger partial charge is 0.354 e. The van der Waals surface area contributed by atoms with Crippen LogP contribution in [0.4, 0.5) is 5.82 Å². The van der Waals surface area contributed by atoms with Crippen molar-refractivity contribution in [2.45, 2.75) is 26.3 Å². The number of terminal acetylenes is 1. The summed E-state index contributed by atoms with van der Waals surface area (Å²) in [5.41, 5.74) is 0.755. The molecule has 0 saturated heterocycles. The van der Waals surface area contributed by atoms with E-state index in [2.05, 4.69) is 16.2 Å². The van der Waals surface area contributed by atoms with E-state index < -0.39 is 0 Å². The van der Waals surface area contributed by atoms with Crippen molar-refractivity contribution >= 4 is 5.82 Å². The second kappa shape index (κ2) is 3.49. The normalized spacial score (nSPS) is 10.6. The minimum atomic E-state index is -0.348. The number of rotatable bonds is 2. The quantitative estimate of drug-likeness (QED) is 0.695. The maximum absolute atomic E-state index is 5.36. The van der Waals surface area contributed by atoms with Crippen LogP contribution in [0, 0.1) is 19.3 Å². The molecular formula is C11H14N2. The summed E-state index contributed by atoms with van der Waals surface area (Å²) in [5.74, 6) is 3.52. The third kappa shape index (κ3) is 2.48. The fraction of sp³-hybridized carbons (Fsp3) is 0.364. The van der Waals surface area contributed by atoms with Crippen LogP contribution in [0.5, 0.6) is 0 Å². The molecule has 2 heteroatoms. The van der Waals surface area contributed by atoms with Gasteiger partial charge in [0.1, 0.15) is 5.82 Å². The molecule has 0 saturated carbocycles. The van der Waals surface area contributed by atoms with Crippen LogP contribution < -0.4 is 5.32 Å². The lowest BCUT2D eigenvalue weighted by atomic mass is 10.1. The highest BCUT2D eigenvalue weighted by Crippen LogP contribution is 2.15. The number of hydrogen-bond donors (Lipinski definition) is 1. The van der Waals surface area contributed by atoms with E-state index in [0.717, 1.165) is 11.4 Å². The second-order valence-corrected chi connectivity index (χ2v) is 3.56. The molecule has 0 amide bonds. The van der Waals surface area contributed by atoms with Gasteiger partial charge < -0.3 is 5.32 Å². The topological polar surface area (TPSA) is 24.9 Å². The average Bonchev–Trinajstić information content (AvgIpc) is 2.09. The Labute approximate surface area is 79.4 Å². The van der Waals surface area contributed by atoms with Gasteiger partial charge in [0.05, 0.1) is 5.54 Å². The molecule has 1 aromatic heterocycles. The standard InChI is InChI=1S/C11H14N2/c1-5-11(3,4)13-10-9(2)7-6-8-12-10/h1,6-8H,2-4H3,(H,12,13). The van der Waals surface area contributed by atoms with Crippen molar-refractivity contribution in [2.24, 2.45) is 0 Å². The molecular weight excluding hydrogens is 160 g/mol. The fourth-order valence-electron chi connectivity index (χ4n) is 0.949. The van der Waals surface area contributed by atoms with E-state index in [9.17, 15) is 0 Å². The van der Waals surface area contributed by atoms with Gasteiger partial charge in [0.2, 0.25) is 0 Å². The molecule has 0 aliphatic heterocycles. The molecule has 0 fully saturated rings. The van der Waals surface area contributed by atoms with Crippen molar-refractivity contribution in [2.75, 3.05) is 5.32 Å². The Morgan fingerprint density at radius 3 is 2.77 bits per heavy atom. The molecule has 0 atom stereocenters. The van der Waals surface area contributed by atoms with Gasteiger partial charge in [-0.25, -0.2) is 4.98 Å². The summed E-state index contributed by atoms with van der Waals surface area (Å²) in [5, 5.41) is 3.19. The van der Waals surface area contributed by atoms with Crippen LogP contribution in [-0.4, -0.2) is 10.5 Å². The number of pyridine rings is 1. The summed E-state index contributed by atoms with van der Waals surface area (Å²) >= 11 is 0. The minimum absolute atomic E-state index is 0.348. The van der Waals surface area contributed by atoms with Crippen LogP contribution in [0.1, 0.15) is 19.4 Å². The van der Waals surface area contributed by atoms with Gasteiger partial charge in [-0.3, -0.25) is 0 Å². The van der Waals surface area contributed by atoms with Crippen LogP contribution >= 0.6 is 0 Å². The van der Waals surface area contributed by atoms with Gasteiger partial charge in [-0.05, 0) is 32.4 Å². The zero-order valence-corrected chi connectivity index (χ0v) is 8.26. The van der Waals surface area contributed by atoms with Crippen molar-refractivity contribution in [1.82, 2.24) is 4.98 Å². The number of aromatic nitrogens is 1. The number of hydrogen-bond acceptors (Lipinski definition) is 2. The predicted molar refractivity (Wildman–Crippen MR) is 55.5 cm³/mol. The van der Waals surface area contributed by atoms with Crippen molar-refractivity contribution in [3.05, 3.63) is 23.9 Å². The SMILES string of the molecule is C#CC(C)(C)Nc1ncccc1C. The molecule has 1 aromatic rings. The maximum Gasteiger partial charge on any atom is 0.129 e. The zero-order valence-electron chi connectivity index (χ0n) is 8.26. The van der Waals surface area contributed by atoms with E-state index in [-0.39, 0.29) is 5.54 Å². The highest BCUT2D eigenvalue weighted by molar-refractivity contribution is 5.46. The van der Waals surface area contributed by atoms with Crippen molar-refractivity contribution in [1.29, 1.82) is 0 Å². The van der Waals surface area contributed by atoms with Gasteiger partial charge in [0.15, 0.2) is 0 Å². The molecule has 1 heterocycles. The van der Waals surface area contributed by atoms with Gasteiger partial charge >= 0.3 is 0 Å². The number of nitrogens with one attached hydrogen (secondary N) is 1. The van der Waals surface area contributed by atoms with Crippen LogP contribution in [0.25, 0.3) is 0 Å². The van der Waals surface area contributed by atoms with Crippen LogP contribution in [0.3, 0.4) is 0 Å². The third-order valence-electron chi connectivity index (χ3n) is 1.80. The lowest BCUT2D eigenvalue weighted by Crippen LogP contribution is -2.29. The monoisotopic (exact) mass is 174 g/mol. The Kier molecular flexibility index (Phi) is 2.57. The fourth-order valence-corrected chi connectivity index (χ4v) is 0.949. The third-order valence-corrected chi connectivity index (χ3v) is 1.80. The zero-order chi connectivity index (χ0) is 9.90. The Morgan fingerprint density at radius 2 is 2.23 bits per heavy atom. The van der Waals surface area contributed by atoms with E-state index >= 15 is 0 Å². The summed E-state index contributed by atoms with van der Waals surface area (Å²) < 4.78 is 0. The number of aryl methyl sites for hydroxylation is 1. The molecule has 0 aliphatic carbocycles. The van der Waals surface area contributed by atoms with Gasteiger partial charge in [-0.1, -0.05) is 12.0 Å². The van der Waals surface area contributed by atoms with Crippen molar-refractivity contribution in [3.8, 4) is 12.3 Å². The first kappa shape index (κ1) is 9.60. The van der Waals surface area contributed by atoms with E-state index in [1.807, 2.05) is 32.9 Å². The molecule has 0 aliphatic rings. The first-order chi connectivity index (χ1) is 6.05. The van der Waals surface area contributed by atoms with Gasteiger partial charge in [0.25, 0.3) is 0 Å². The molecule has 0 aromatic carbocycles. The summed E-state index contributed by atoms with van der Waals surface area (Å²) in [4.78, 5) is 4.20. The molecule has 13 heavy (non-hydrogen) atoms. The predicted octanol–water partition coefficient (Wildman–Crippen LogP) is 2.21. The Balaban J connectivity index is 2.88.